The van der Waals surface area contributed by atoms with Gasteiger partial charge in [-0.1, -0.05) is 12.8 Å². The topological polar surface area (TPSA) is 98.8 Å². The first kappa shape index (κ1) is 16.6. The second-order valence-electron chi connectivity index (χ2n) is 7.30. The van der Waals surface area contributed by atoms with Gasteiger partial charge in [0, 0.05) is 19.2 Å². The van der Waals surface area contributed by atoms with Crippen molar-refractivity contribution in [1.29, 1.82) is 0 Å². The Balaban J connectivity index is 2.00. The van der Waals surface area contributed by atoms with E-state index in [0.29, 0.717) is 18.8 Å². The van der Waals surface area contributed by atoms with E-state index in [-0.39, 0.29) is 17.0 Å². The predicted molar refractivity (Wildman–Crippen MR) is 88.3 cm³/mol. The Hall–Kier alpha value is -2.22. The van der Waals surface area contributed by atoms with Crippen LogP contribution in [0.2, 0.25) is 0 Å². The van der Waals surface area contributed by atoms with Crippen LogP contribution in [-0.2, 0) is 4.74 Å². The van der Waals surface area contributed by atoms with Crippen LogP contribution in [0.1, 0.15) is 39.5 Å². The molecule has 2 aliphatic rings. The molecule has 3 rings (SSSR count). The van der Waals surface area contributed by atoms with Gasteiger partial charge in [0.15, 0.2) is 0 Å². The maximum Gasteiger partial charge on any atom is 0.299 e. The SMILES string of the molecule is CC1(C)CN(c2ccc([N+](=O)[O-])cc2[N+](=O)[O-])CC2(CCCC2)O1. The average molecular weight is 335 g/mol. The number of nitrogens with zero attached hydrogens (tertiary/aromatic N) is 3. The molecule has 0 bridgehead atoms. The van der Waals surface area contributed by atoms with Gasteiger partial charge < -0.3 is 9.64 Å². The maximum absolute atomic E-state index is 11.4. The van der Waals surface area contributed by atoms with Crippen molar-refractivity contribution in [3.05, 3.63) is 38.4 Å². The highest BCUT2D eigenvalue weighted by Crippen LogP contribution is 2.43. The minimum absolute atomic E-state index is 0.227. The molecule has 0 N–H and O–H groups in total. The zero-order valence-electron chi connectivity index (χ0n) is 13.9. The van der Waals surface area contributed by atoms with Gasteiger partial charge in [0.25, 0.3) is 11.4 Å². The Morgan fingerprint density at radius 3 is 2.33 bits per heavy atom. The molecular formula is C16H21N3O5. The van der Waals surface area contributed by atoms with E-state index in [2.05, 4.69) is 0 Å². The highest BCUT2D eigenvalue weighted by molar-refractivity contribution is 5.67. The second-order valence-corrected chi connectivity index (χ2v) is 7.30. The summed E-state index contributed by atoms with van der Waals surface area (Å²) in [6.07, 6.45) is 4.06. The summed E-state index contributed by atoms with van der Waals surface area (Å²) >= 11 is 0. The molecule has 1 spiro atoms. The monoisotopic (exact) mass is 335 g/mol. The first-order valence-electron chi connectivity index (χ1n) is 8.09. The fourth-order valence-corrected chi connectivity index (χ4v) is 4.00. The van der Waals surface area contributed by atoms with Crippen LogP contribution in [0.5, 0.6) is 0 Å². The van der Waals surface area contributed by atoms with E-state index in [9.17, 15) is 20.2 Å². The van der Waals surface area contributed by atoms with Crippen molar-refractivity contribution in [2.24, 2.45) is 0 Å². The van der Waals surface area contributed by atoms with Crippen LogP contribution in [0.25, 0.3) is 0 Å². The van der Waals surface area contributed by atoms with Crippen molar-refractivity contribution in [2.75, 3.05) is 18.0 Å². The molecule has 2 fully saturated rings. The molecule has 8 nitrogen and oxygen atoms in total. The van der Waals surface area contributed by atoms with Crippen molar-refractivity contribution in [3.63, 3.8) is 0 Å². The highest BCUT2D eigenvalue weighted by atomic mass is 16.6. The lowest BCUT2D eigenvalue weighted by atomic mass is 9.93. The van der Waals surface area contributed by atoms with Gasteiger partial charge in [-0.25, -0.2) is 0 Å². The van der Waals surface area contributed by atoms with Gasteiger partial charge in [0.2, 0.25) is 0 Å². The number of hydrogen-bond donors (Lipinski definition) is 0. The van der Waals surface area contributed by atoms with E-state index < -0.39 is 15.4 Å². The molecule has 1 aromatic rings. The number of rotatable bonds is 3. The van der Waals surface area contributed by atoms with Gasteiger partial charge in [0.05, 0.1) is 27.1 Å². The van der Waals surface area contributed by atoms with E-state index in [1.54, 1.807) is 0 Å². The molecule has 0 atom stereocenters. The molecule has 1 aromatic carbocycles. The molecule has 24 heavy (non-hydrogen) atoms. The third-order valence-electron chi connectivity index (χ3n) is 4.77. The molecular weight excluding hydrogens is 314 g/mol. The predicted octanol–water partition coefficient (Wildman–Crippen LogP) is 3.43. The number of nitro groups is 2. The molecule has 1 saturated carbocycles. The number of nitro benzene ring substituents is 2. The molecule has 0 unspecified atom stereocenters. The number of benzene rings is 1. The van der Waals surface area contributed by atoms with Crippen molar-refractivity contribution in [2.45, 2.75) is 50.7 Å². The number of anilines is 1. The summed E-state index contributed by atoms with van der Waals surface area (Å²) in [6.45, 7) is 5.05. The zero-order valence-corrected chi connectivity index (χ0v) is 13.9. The molecule has 1 saturated heterocycles. The number of morpholine rings is 1. The van der Waals surface area contributed by atoms with Gasteiger partial charge in [-0.05, 0) is 32.8 Å². The van der Waals surface area contributed by atoms with Crippen molar-refractivity contribution < 1.29 is 14.6 Å². The second kappa shape index (κ2) is 5.70. The number of non-ortho nitro benzene ring substituents is 1. The summed E-state index contributed by atoms with van der Waals surface area (Å²) in [4.78, 5) is 23.2. The quantitative estimate of drug-likeness (QED) is 0.620. The average Bonchev–Trinajstić information content (AvgIpc) is 2.91. The van der Waals surface area contributed by atoms with Crippen LogP contribution in [0, 0.1) is 20.2 Å². The molecule has 1 aliphatic carbocycles. The van der Waals surface area contributed by atoms with E-state index in [4.69, 9.17) is 4.74 Å². The van der Waals surface area contributed by atoms with Crippen LogP contribution >= 0.6 is 0 Å². The molecule has 0 aromatic heterocycles. The summed E-state index contributed by atoms with van der Waals surface area (Å²) in [5, 5.41) is 22.4. The Kier molecular flexibility index (Phi) is 3.95. The van der Waals surface area contributed by atoms with Crippen LogP contribution in [0.3, 0.4) is 0 Å². The maximum atomic E-state index is 11.4. The molecule has 0 amide bonds. The van der Waals surface area contributed by atoms with Crippen molar-refractivity contribution in [1.82, 2.24) is 0 Å². The van der Waals surface area contributed by atoms with Gasteiger partial charge >= 0.3 is 0 Å². The fraction of sp³-hybridized carbons (Fsp3) is 0.625. The van der Waals surface area contributed by atoms with Crippen LogP contribution in [-0.4, -0.2) is 34.1 Å². The first-order valence-corrected chi connectivity index (χ1v) is 8.09. The van der Waals surface area contributed by atoms with E-state index >= 15 is 0 Å². The summed E-state index contributed by atoms with van der Waals surface area (Å²) in [7, 11) is 0. The minimum Gasteiger partial charge on any atom is -0.365 e. The van der Waals surface area contributed by atoms with Gasteiger partial charge in [-0.2, -0.15) is 0 Å². The Labute approximate surface area is 139 Å². The van der Waals surface area contributed by atoms with E-state index in [1.807, 2.05) is 18.7 Å². The zero-order chi connectivity index (χ0) is 17.5. The van der Waals surface area contributed by atoms with Crippen LogP contribution in [0.4, 0.5) is 17.1 Å². The van der Waals surface area contributed by atoms with Gasteiger partial charge in [-0.3, -0.25) is 20.2 Å². The van der Waals surface area contributed by atoms with Crippen molar-refractivity contribution in [3.8, 4) is 0 Å². The largest absolute Gasteiger partial charge is 0.365 e. The molecule has 0 radical (unpaired) electrons. The lowest BCUT2D eigenvalue weighted by molar-refractivity contribution is -0.393. The van der Waals surface area contributed by atoms with Crippen LogP contribution < -0.4 is 4.90 Å². The minimum atomic E-state index is -0.613. The Morgan fingerprint density at radius 2 is 1.75 bits per heavy atom. The molecule has 130 valence electrons. The summed E-state index contributed by atoms with van der Waals surface area (Å²) < 4.78 is 6.32. The van der Waals surface area contributed by atoms with Crippen LogP contribution in [0.15, 0.2) is 18.2 Å². The normalized spacial score (nSPS) is 21.8. The highest BCUT2D eigenvalue weighted by Gasteiger charge is 2.46. The summed E-state index contributed by atoms with van der Waals surface area (Å²) in [5.41, 5.74) is -0.785. The third kappa shape index (κ3) is 3.06. The van der Waals surface area contributed by atoms with E-state index in [1.165, 1.54) is 12.1 Å². The van der Waals surface area contributed by atoms with E-state index in [0.717, 1.165) is 31.7 Å². The molecule has 1 heterocycles. The number of ether oxygens (including phenoxy) is 1. The third-order valence-corrected chi connectivity index (χ3v) is 4.77. The van der Waals surface area contributed by atoms with Gasteiger partial charge in [0.1, 0.15) is 5.69 Å². The fourth-order valence-electron chi connectivity index (χ4n) is 4.00. The molecule has 8 heteroatoms. The number of hydrogen-bond acceptors (Lipinski definition) is 6. The Bertz CT molecular complexity index is 682. The van der Waals surface area contributed by atoms with Crippen molar-refractivity contribution >= 4 is 17.1 Å². The lowest BCUT2D eigenvalue weighted by Crippen LogP contribution is -2.58. The summed E-state index contributed by atoms with van der Waals surface area (Å²) in [6, 6.07) is 3.85. The molecule has 1 aliphatic heterocycles. The standard InChI is InChI=1S/C16H21N3O5/c1-15(2)10-17(11-16(24-15)7-3-4-8-16)13-6-5-12(18(20)21)9-14(13)19(22)23/h5-6,9H,3-4,7-8,10-11H2,1-2H3. The lowest BCUT2D eigenvalue weighted by Gasteiger charge is -2.49. The van der Waals surface area contributed by atoms with Gasteiger partial charge in [-0.15, -0.1) is 0 Å². The smallest absolute Gasteiger partial charge is 0.299 e. The Morgan fingerprint density at radius 1 is 1.08 bits per heavy atom. The summed E-state index contributed by atoms with van der Waals surface area (Å²) in [5.74, 6) is 0. The first-order chi connectivity index (χ1) is 11.2.